The average Bonchev–Trinajstić information content (AvgIpc) is 2.92. The second kappa shape index (κ2) is 7.09. The monoisotopic (exact) mass is 339 g/mol. The van der Waals surface area contributed by atoms with Crippen molar-refractivity contribution in [1.82, 2.24) is 14.8 Å². The van der Waals surface area contributed by atoms with Gasteiger partial charge in [-0.25, -0.2) is 0 Å². The predicted molar refractivity (Wildman–Crippen MR) is 85.6 cm³/mol. The maximum absolute atomic E-state index is 12.7. The highest BCUT2D eigenvalue weighted by molar-refractivity contribution is 5.94. The third kappa shape index (κ3) is 4.17. The number of nitrogens with zero attached hydrogens (tertiary/aromatic N) is 2. The van der Waals surface area contributed by atoms with Crippen LogP contribution in [0.2, 0.25) is 0 Å². The van der Waals surface area contributed by atoms with Crippen LogP contribution in [-0.2, 0) is 13.2 Å². The molecule has 7 heteroatoms. The molecule has 1 unspecified atom stereocenters. The smallest absolute Gasteiger partial charge is 0.353 e. The van der Waals surface area contributed by atoms with Gasteiger partial charge < -0.3 is 9.88 Å². The van der Waals surface area contributed by atoms with Crippen molar-refractivity contribution in [3.8, 4) is 0 Å². The summed E-state index contributed by atoms with van der Waals surface area (Å²) in [4.78, 5) is 14.1. The van der Waals surface area contributed by atoms with E-state index in [1.807, 2.05) is 48.9 Å². The second-order valence-corrected chi connectivity index (χ2v) is 5.81. The van der Waals surface area contributed by atoms with Crippen LogP contribution in [0, 0.1) is 0 Å². The van der Waals surface area contributed by atoms with E-state index < -0.39 is 17.6 Å². The van der Waals surface area contributed by atoms with Crippen LogP contribution < -0.4 is 5.32 Å². The molecular weight excluding hydrogens is 319 g/mol. The molecule has 0 aliphatic rings. The molecule has 0 radical (unpaired) electrons. The first-order valence-electron chi connectivity index (χ1n) is 7.43. The number of halogens is 3. The van der Waals surface area contributed by atoms with Gasteiger partial charge in [0.1, 0.15) is 0 Å². The van der Waals surface area contributed by atoms with Gasteiger partial charge in [0, 0.05) is 31.0 Å². The Morgan fingerprint density at radius 3 is 2.50 bits per heavy atom. The topological polar surface area (TPSA) is 37.3 Å². The first-order valence-corrected chi connectivity index (χ1v) is 7.43. The second-order valence-electron chi connectivity index (χ2n) is 5.81. The maximum Gasteiger partial charge on any atom is 0.416 e. The number of benzene rings is 1. The van der Waals surface area contributed by atoms with Crippen LogP contribution in [0.25, 0.3) is 0 Å². The molecular formula is C17H20F3N3O. The van der Waals surface area contributed by atoms with Crippen LogP contribution in [0.1, 0.15) is 27.7 Å². The molecule has 2 rings (SSSR count). The van der Waals surface area contributed by atoms with Crippen LogP contribution in [0.4, 0.5) is 13.2 Å². The summed E-state index contributed by atoms with van der Waals surface area (Å²) in [5.74, 6) is -0.526. The van der Waals surface area contributed by atoms with Crippen molar-refractivity contribution in [2.24, 2.45) is 7.05 Å². The molecule has 1 atom stereocenters. The number of rotatable bonds is 5. The number of aromatic nitrogens is 1. The molecule has 0 bridgehead atoms. The molecule has 0 spiro atoms. The molecule has 1 aromatic carbocycles. The van der Waals surface area contributed by atoms with Crippen molar-refractivity contribution in [2.45, 2.75) is 12.2 Å². The number of hydrogen-bond acceptors (Lipinski definition) is 2. The quantitative estimate of drug-likeness (QED) is 0.909. The minimum Gasteiger partial charge on any atom is -0.353 e. The van der Waals surface area contributed by atoms with Crippen molar-refractivity contribution >= 4 is 5.91 Å². The zero-order chi connectivity index (χ0) is 17.9. The average molecular weight is 339 g/mol. The molecule has 1 N–H and O–H groups in total. The number of likely N-dealkylation sites (N-methyl/N-ethyl adjacent to an activating group) is 1. The van der Waals surface area contributed by atoms with Crippen LogP contribution in [0.5, 0.6) is 0 Å². The van der Waals surface area contributed by atoms with Gasteiger partial charge in [-0.1, -0.05) is 6.07 Å². The molecule has 2 aromatic rings. The van der Waals surface area contributed by atoms with Gasteiger partial charge in [0.05, 0.1) is 11.6 Å². The Bertz CT molecular complexity index is 707. The summed E-state index contributed by atoms with van der Waals surface area (Å²) >= 11 is 0. The summed E-state index contributed by atoms with van der Waals surface area (Å²) in [5.41, 5.74) is 0.167. The van der Waals surface area contributed by atoms with Crippen molar-refractivity contribution in [3.63, 3.8) is 0 Å². The van der Waals surface area contributed by atoms with Crippen molar-refractivity contribution in [3.05, 3.63) is 59.4 Å². The standard InChI is InChI=1S/C17H20F3N3O/c1-22(2)15(14-8-5-9-23(14)3)11-21-16(24)12-6-4-7-13(10-12)17(18,19)20/h4-10,15H,11H2,1-3H3,(H,21,24). The molecule has 0 aliphatic carbocycles. The predicted octanol–water partition coefficient (Wildman–Crippen LogP) is 3.08. The number of amides is 1. The van der Waals surface area contributed by atoms with Crippen LogP contribution in [0.15, 0.2) is 42.6 Å². The fourth-order valence-corrected chi connectivity index (χ4v) is 2.50. The Kier molecular flexibility index (Phi) is 5.33. The Morgan fingerprint density at radius 2 is 1.96 bits per heavy atom. The van der Waals surface area contributed by atoms with Crippen LogP contribution in [0.3, 0.4) is 0 Å². The van der Waals surface area contributed by atoms with Gasteiger partial charge in [-0.05, 0) is 44.4 Å². The van der Waals surface area contributed by atoms with Crippen LogP contribution >= 0.6 is 0 Å². The van der Waals surface area contributed by atoms with Gasteiger partial charge >= 0.3 is 6.18 Å². The van der Waals surface area contributed by atoms with Gasteiger partial charge in [-0.3, -0.25) is 9.69 Å². The zero-order valence-corrected chi connectivity index (χ0v) is 13.8. The third-order valence-corrected chi connectivity index (χ3v) is 3.86. The molecule has 0 aliphatic heterocycles. The number of aryl methyl sites for hydroxylation is 1. The molecule has 1 amide bonds. The van der Waals surface area contributed by atoms with Gasteiger partial charge in [0.15, 0.2) is 0 Å². The highest BCUT2D eigenvalue weighted by Crippen LogP contribution is 2.29. The lowest BCUT2D eigenvalue weighted by atomic mass is 10.1. The lowest BCUT2D eigenvalue weighted by Crippen LogP contribution is -2.35. The van der Waals surface area contributed by atoms with Crippen LogP contribution in [-0.4, -0.2) is 36.0 Å². The minimum absolute atomic E-state index is 0.00536. The van der Waals surface area contributed by atoms with E-state index in [1.54, 1.807) is 0 Å². The molecule has 1 heterocycles. The number of carbonyl (C=O) groups excluding carboxylic acids is 1. The number of carbonyl (C=O) groups is 1. The lowest BCUT2D eigenvalue weighted by molar-refractivity contribution is -0.137. The maximum atomic E-state index is 12.7. The zero-order valence-electron chi connectivity index (χ0n) is 13.8. The van der Waals surface area contributed by atoms with E-state index >= 15 is 0 Å². The highest BCUT2D eigenvalue weighted by Gasteiger charge is 2.31. The summed E-state index contributed by atoms with van der Waals surface area (Å²) in [7, 11) is 5.67. The number of nitrogens with one attached hydrogen (secondary N) is 1. The lowest BCUT2D eigenvalue weighted by Gasteiger charge is -2.25. The summed E-state index contributed by atoms with van der Waals surface area (Å²) in [6, 6.07) is 8.18. The Hall–Kier alpha value is -2.28. The SMILES string of the molecule is CN(C)C(CNC(=O)c1cccc(C(F)(F)F)c1)c1cccn1C. The van der Waals surface area contributed by atoms with Gasteiger partial charge in [-0.2, -0.15) is 13.2 Å². The normalized spacial score (nSPS) is 13.1. The van der Waals surface area contributed by atoms with Crippen molar-refractivity contribution in [2.75, 3.05) is 20.6 Å². The molecule has 0 fully saturated rings. The molecule has 130 valence electrons. The van der Waals surface area contributed by atoms with E-state index in [2.05, 4.69) is 5.32 Å². The van der Waals surface area contributed by atoms with E-state index in [9.17, 15) is 18.0 Å². The highest BCUT2D eigenvalue weighted by atomic mass is 19.4. The van der Waals surface area contributed by atoms with E-state index in [-0.39, 0.29) is 11.6 Å². The van der Waals surface area contributed by atoms with Crippen molar-refractivity contribution in [1.29, 1.82) is 0 Å². The first-order chi connectivity index (χ1) is 11.2. The first kappa shape index (κ1) is 18.1. The molecule has 4 nitrogen and oxygen atoms in total. The van der Waals surface area contributed by atoms with Gasteiger partial charge in [-0.15, -0.1) is 0 Å². The van der Waals surface area contributed by atoms with E-state index in [4.69, 9.17) is 0 Å². The molecule has 0 saturated heterocycles. The minimum atomic E-state index is -4.47. The third-order valence-electron chi connectivity index (χ3n) is 3.86. The fraction of sp³-hybridized carbons (Fsp3) is 0.353. The summed E-state index contributed by atoms with van der Waals surface area (Å²) < 4.78 is 40.2. The van der Waals surface area contributed by atoms with E-state index in [1.165, 1.54) is 12.1 Å². The largest absolute Gasteiger partial charge is 0.416 e. The van der Waals surface area contributed by atoms with E-state index in [0.29, 0.717) is 6.54 Å². The summed E-state index contributed by atoms with van der Waals surface area (Å²) in [6.45, 7) is 0.292. The fourth-order valence-electron chi connectivity index (χ4n) is 2.50. The number of hydrogen-bond donors (Lipinski definition) is 1. The molecule has 1 aromatic heterocycles. The van der Waals surface area contributed by atoms with Gasteiger partial charge in [0.2, 0.25) is 0 Å². The molecule has 24 heavy (non-hydrogen) atoms. The van der Waals surface area contributed by atoms with Gasteiger partial charge in [0.25, 0.3) is 5.91 Å². The summed E-state index contributed by atoms with van der Waals surface area (Å²) in [5, 5.41) is 2.71. The Balaban J connectivity index is 2.11. The molecule has 0 saturated carbocycles. The Morgan fingerprint density at radius 1 is 1.25 bits per heavy atom. The van der Waals surface area contributed by atoms with E-state index in [0.717, 1.165) is 17.8 Å². The Labute approximate surface area is 138 Å². The van der Waals surface area contributed by atoms with Crippen molar-refractivity contribution < 1.29 is 18.0 Å². The number of alkyl halides is 3. The summed E-state index contributed by atoms with van der Waals surface area (Å²) in [6.07, 6.45) is -2.56.